The molecule has 11 heteroatoms. The van der Waals surface area contributed by atoms with Gasteiger partial charge in [0, 0.05) is 39.9 Å². The molecule has 2 aliphatic rings. The van der Waals surface area contributed by atoms with Crippen molar-refractivity contribution in [3.63, 3.8) is 0 Å². The number of carbonyl (C=O) groups excluding carboxylic acids is 3. The Hall–Kier alpha value is -3.05. The molecule has 1 fully saturated rings. The van der Waals surface area contributed by atoms with Gasteiger partial charge in [0.05, 0.1) is 27.8 Å². The number of nitrogens with one attached hydrogen (secondary N) is 1. The molecule has 1 aromatic carbocycles. The highest BCUT2D eigenvalue weighted by atomic mass is 32.2. The Balaban J connectivity index is 1.38. The first-order valence-electron chi connectivity index (χ1n) is 9.92. The lowest BCUT2D eigenvalue weighted by molar-refractivity contribution is 0.0692. The Morgan fingerprint density at radius 1 is 1.13 bits per heavy atom. The fourth-order valence-corrected chi connectivity index (χ4v) is 5.38. The summed E-state index contributed by atoms with van der Waals surface area (Å²) >= 11 is 0. The van der Waals surface area contributed by atoms with Crippen molar-refractivity contribution in [2.45, 2.75) is 17.7 Å². The maximum Gasteiger partial charge on any atom is 0.261 e. The van der Waals surface area contributed by atoms with Crippen LogP contribution < -0.4 is 5.32 Å². The smallest absolute Gasteiger partial charge is 0.261 e. The summed E-state index contributed by atoms with van der Waals surface area (Å²) in [6, 6.07) is 4.06. The molecule has 1 N–H and O–H groups in total. The van der Waals surface area contributed by atoms with Crippen LogP contribution in [-0.2, 0) is 17.1 Å². The summed E-state index contributed by atoms with van der Waals surface area (Å²) in [5, 5.41) is 6.85. The standard InChI is InChI=1S/C20H23N5O5S/c1-23-12-14(11-22-23)18(26)21-10-13-5-7-25(8-6-13)31(29,30)15-3-4-16-17(9-15)20(28)24(2)19(16)27/h3-4,9,11-13H,5-8,10H2,1-2H3,(H,21,26). The third-order valence-corrected chi connectivity index (χ3v) is 7.69. The van der Waals surface area contributed by atoms with Crippen molar-refractivity contribution >= 4 is 27.7 Å². The molecular weight excluding hydrogens is 422 g/mol. The quantitative estimate of drug-likeness (QED) is 0.668. The largest absolute Gasteiger partial charge is 0.352 e. The zero-order valence-corrected chi connectivity index (χ0v) is 18.1. The molecule has 3 amide bonds. The molecule has 0 aliphatic carbocycles. The molecule has 31 heavy (non-hydrogen) atoms. The highest BCUT2D eigenvalue weighted by molar-refractivity contribution is 7.89. The Labute approximate surface area is 179 Å². The van der Waals surface area contributed by atoms with Crippen LogP contribution in [0.5, 0.6) is 0 Å². The van der Waals surface area contributed by atoms with Gasteiger partial charge in [-0.25, -0.2) is 8.42 Å². The van der Waals surface area contributed by atoms with E-state index in [2.05, 4.69) is 10.4 Å². The summed E-state index contributed by atoms with van der Waals surface area (Å²) in [6.45, 7) is 1.10. The maximum absolute atomic E-state index is 13.1. The number of rotatable bonds is 5. The van der Waals surface area contributed by atoms with Gasteiger partial charge in [0.25, 0.3) is 17.7 Å². The Kier molecular flexibility index (Phi) is 5.40. The number of sulfonamides is 1. The number of hydrogen-bond donors (Lipinski definition) is 1. The van der Waals surface area contributed by atoms with Crippen molar-refractivity contribution in [2.24, 2.45) is 13.0 Å². The number of fused-ring (bicyclic) bond motifs is 1. The molecule has 1 saturated heterocycles. The van der Waals surface area contributed by atoms with E-state index < -0.39 is 21.8 Å². The van der Waals surface area contributed by atoms with E-state index in [1.807, 2.05) is 0 Å². The average Bonchev–Trinajstić information content (AvgIpc) is 3.30. The van der Waals surface area contributed by atoms with Crippen LogP contribution in [0.25, 0.3) is 0 Å². The third-order valence-electron chi connectivity index (χ3n) is 5.79. The lowest BCUT2D eigenvalue weighted by Gasteiger charge is -2.31. The van der Waals surface area contributed by atoms with Gasteiger partial charge in [-0.1, -0.05) is 0 Å². The molecule has 0 saturated carbocycles. The van der Waals surface area contributed by atoms with Crippen LogP contribution in [0.15, 0.2) is 35.5 Å². The number of aryl methyl sites for hydroxylation is 1. The normalized spacial score (nSPS) is 17.8. The number of carbonyl (C=O) groups is 3. The van der Waals surface area contributed by atoms with Gasteiger partial charge in [-0.3, -0.25) is 24.0 Å². The average molecular weight is 446 g/mol. The molecule has 0 unspecified atom stereocenters. The van der Waals surface area contributed by atoms with Gasteiger partial charge < -0.3 is 5.32 Å². The van der Waals surface area contributed by atoms with Gasteiger partial charge in [0.1, 0.15) is 0 Å². The lowest BCUT2D eigenvalue weighted by Crippen LogP contribution is -2.41. The van der Waals surface area contributed by atoms with Crippen LogP contribution in [-0.4, -0.2) is 71.8 Å². The molecule has 10 nitrogen and oxygen atoms in total. The summed E-state index contributed by atoms with van der Waals surface area (Å²) in [6.07, 6.45) is 4.35. The fraction of sp³-hybridized carbons (Fsp3) is 0.400. The second-order valence-corrected chi connectivity index (χ2v) is 9.77. The van der Waals surface area contributed by atoms with Crippen LogP contribution in [0, 0.1) is 5.92 Å². The van der Waals surface area contributed by atoms with Crippen LogP contribution in [0.1, 0.15) is 43.9 Å². The SMILES string of the molecule is CN1C(=O)c2ccc(S(=O)(=O)N3CCC(CNC(=O)c4cnn(C)c4)CC3)cc2C1=O. The van der Waals surface area contributed by atoms with E-state index in [9.17, 15) is 22.8 Å². The highest BCUT2D eigenvalue weighted by Gasteiger charge is 2.36. The highest BCUT2D eigenvalue weighted by Crippen LogP contribution is 2.28. The Morgan fingerprint density at radius 3 is 2.45 bits per heavy atom. The summed E-state index contributed by atoms with van der Waals surface area (Å²) in [5.41, 5.74) is 0.814. The van der Waals surface area contributed by atoms with E-state index in [1.165, 1.54) is 35.7 Å². The molecule has 0 atom stereocenters. The fourth-order valence-electron chi connectivity index (χ4n) is 3.88. The molecule has 0 radical (unpaired) electrons. The first-order chi connectivity index (χ1) is 14.7. The van der Waals surface area contributed by atoms with Crippen LogP contribution >= 0.6 is 0 Å². The van der Waals surface area contributed by atoms with Crippen molar-refractivity contribution in [3.8, 4) is 0 Å². The van der Waals surface area contributed by atoms with E-state index in [1.54, 1.807) is 17.9 Å². The number of benzene rings is 1. The monoisotopic (exact) mass is 445 g/mol. The van der Waals surface area contributed by atoms with E-state index in [-0.39, 0.29) is 27.8 Å². The van der Waals surface area contributed by atoms with Gasteiger partial charge in [0.2, 0.25) is 10.0 Å². The molecule has 2 aliphatic heterocycles. The number of piperidine rings is 1. The van der Waals surface area contributed by atoms with Gasteiger partial charge in [-0.15, -0.1) is 0 Å². The minimum atomic E-state index is -3.78. The predicted octanol–water partition coefficient (Wildman–Crippen LogP) is 0.477. The van der Waals surface area contributed by atoms with Gasteiger partial charge in [0.15, 0.2) is 0 Å². The van der Waals surface area contributed by atoms with Gasteiger partial charge >= 0.3 is 0 Å². The number of hydrogen-bond acceptors (Lipinski definition) is 6. The first kappa shape index (κ1) is 21.2. The van der Waals surface area contributed by atoms with Crippen molar-refractivity contribution in [3.05, 3.63) is 47.3 Å². The number of aromatic nitrogens is 2. The molecule has 1 aromatic heterocycles. The molecule has 4 rings (SSSR count). The summed E-state index contributed by atoms with van der Waals surface area (Å²) in [7, 11) is -0.676. The second-order valence-electron chi connectivity index (χ2n) is 7.84. The van der Waals surface area contributed by atoms with E-state index in [4.69, 9.17) is 0 Å². The van der Waals surface area contributed by atoms with Crippen molar-refractivity contribution in [1.82, 2.24) is 24.3 Å². The molecule has 2 aromatic rings. The van der Waals surface area contributed by atoms with Crippen molar-refractivity contribution in [1.29, 1.82) is 0 Å². The topological polar surface area (TPSA) is 122 Å². The van der Waals surface area contributed by atoms with E-state index >= 15 is 0 Å². The van der Waals surface area contributed by atoms with Crippen LogP contribution in [0.4, 0.5) is 0 Å². The van der Waals surface area contributed by atoms with Crippen LogP contribution in [0.3, 0.4) is 0 Å². The van der Waals surface area contributed by atoms with E-state index in [0.717, 1.165) is 4.90 Å². The molecule has 164 valence electrons. The maximum atomic E-state index is 13.1. The van der Waals surface area contributed by atoms with Crippen molar-refractivity contribution in [2.75, 3.05) is 26.7 Å². The number of nitrogens with zero attached hydrogens (tertiary/aromatic N) is 4. The van der Waals surface area contributed by atoms with E-state index in [0.29, 0.717) is 38.0 Å². The number of imide groups is 1. The summed E-state index contributed by atoms with van der Waals surface area (Å²) in [4.78, 5) is 37.3. The zero-order chi connectivity index (χ0) is 22.3. The second kappa shape index (κ2) is 7.89. The lowest BCUT2D eigenvalue weighted by atomic mass is 9.98. The summed E-state index contributed by atoms with van der Waals surface area (Å²) < 4.78 is 29.1. The minimum absolute atomic E-state index is 0.00558. The third kappa shape index (κ3) is 3.86. The minimum Gasteiger partial charge on any atom is -0.352 e. The molecular formula is C20H23N5O5S. The molecule has 0 bridgehead atoms. The first-order valence-corrected chi connectivity index (χ1v) is 11.4. The molecule has 0 spiro atoms. The Morgan fingerprint density at radius 2 is 1.81 bits per heavy atom. The number of amides is 3. The predicted molar refractivity (Wildman–Crippen MR) is 110 cm³/mol. The summed E-state index contributed by atoms with van der Waals surface area (Å²) in [5.74, 6) is -0.969. The Bertz CT molecular complexity index is 1160. The van der Waals surface area contributed by atoms with Crippen molar-refractivity contribution < 1.29 is 22.8 Å². The van der Waals surface area contributed by atoms with Gasteiger partial charge in [-0.2, -0.15) is 9.40 Å². The molecule has 3 heterocycles. The van der Waals surface area contributed by atoms with Gasteiger partial charge in [-0.05, 0) is 37.0 Å². The zero-order valence-electron chi connectivity index (χ0n) is 17.2. The van der Waals surface area contributed by atoms with Crippen LogP contribution in [0.2, 0.25) is 0 Å².